The molecule has 0 fully saturated rings. The van der Waals surface area contributed by atoms with Crippen LogP contribution in [-0.4, -0.2) is 42.0 Å². The Morgan fingerprint density at radius 3 is 2.03 bits per heavy atom. The summed E-state index contributed by atoms with van der Waals surface area (Å²) >= 11 is 0. The Hall–Kier alpha value is -3.80. The molecule has 0 heterocycles. The van der Waals surface area contributed by atoms with Crippen molar-refractivity contribution in [1.29, 1.82) is 0 Å². The van der Waals surface area contributed by atoms with E-state index >= 15 is 0 Å². The summed E-state index contributed by atoms with van der Waals surface area (Å²) in [5.41, 5.74) is 2.99. The quantitative estimate of drug-likeness (QED) is 0.263. The Labute approximate surface area is 233 Å². The van der Waals surface area contributed by atoms with Gasteiger partial charge in [-0.3, -0.25) is 9.59 Å². The normalized spacial score (nSPS) is 12.3. The number of ether oxygens (including phenoxy) is 2. The van der Waals surface area contributed by atoms with Crippen LogP contribution in [0.2, 0.25) is 0 Å². The van der Waals surface area contributed by atoms with Gasteiger partial charge in [0.05, 0.1) is 13.2 Å². The predicted molar refractivity (Wildman–Crippen MR) is 156 cm³/mol. The predicted octanol–water partition coefficient (Wildman–Crippen LogP) is 5.97. The van der Waals surface area contributed by atoms with Crippen molar-refractivity contribution < 1.29 is 19.1 Å². The van der Waals surface area contributed by atoms with E-state index in [2.05, 4.69) is 5.32 Å². The lowest BCUT2D eigenvalue weighted by Crippen LogP contribution is -2.52. The second-order valence-electron chi connectivity index (χ2n) is 9.68. The number of nitrogens with zero attached hydrogens (tertiary/aromatic N) is 1. The van der Waals surface area contributed by atoms with Crippen molar-refractivity contribution >= 4 is 11.8 Å². The lowest BCUT2D eigenvalue weighted by molar-refractivity contribution is -0.141. The maximum absolute atomic E-state index is 13.9. The van der Waals surface area contributed by atoms with Crippen LogP contribution >= 0.6 is 0 Å². The van der Waals surface area contributed by atoms with Crippen LogP contribution in [0.1, 0.15) is 57.2 Å². The fourth-order valence-corrected chi connectivity index (χ4v) is 4.42. The number of carbonyl (C=O) groups excluding carboxylic acids is 2. The van der Waals surface area contributed by atoms with Gasteiger partial charge in [0.15, 0.2) is 11.5 Å². The molecule has 1 N–H and O–H groups in total. The number of rotatable bonds is 15. The minimum absolute atomic E-state index is 0.0188. The van der Waals surface area contributed by atoms with Crippen LogP contribution < -0.4 is 14.8 Å². The number of amides is 2. The first-order valence-corrected chi connectivity index (χ1v) is 14.0. The molecule has 2 atom stereocenters. The molecular weight excluding hydrogens is 488 g/mol. The monoisotopic (exact) mass is 530 g/mol. The molecule has 0 bridgehead atoms. The smallest absolute Gasteiger partial charge is 0.243 e. The minimum Gasteiger partial charge on any atom is -0.490 e. The van der Waals surface area contributed by atoms with Crippen molar-refractivity contribution in [3.63, 3.8) is 0 Å². The summed E-state index contributed by atoms with van der Waals surface area (Å²) in [4.78, 5) is 29.2. The third-order valence-corrected chi connectivity index (χ3v) is 6.70. The zero-order valence-corrected chi connectivity index (χ0v) is 23.7. The van der Waals surface area contributed by atoms with Crippen molar-refractivity contribution in [2.45, 2.75) is 72.0 Å². The number of nitrogens with one attached hydrogen (secondary N) is 1. The molecule has 0 aliphatic carbocycles. The molecule has 208 valence electrons. The SMILES string of the molecule is CCOc1ccc(CCC(=O)N(Cc2ccccc2)C(Cc2ccccc2)C(=O)NC(C)CC)cc1OCC. The Morgan fingerprint density at radius 2 is 1.41 bits per heavy atom. The number of hydrogen-bond donors (Lipinski definition) is 1. The van der Waals surface area contributed by atoms with Crippen LogP contribution in [0.15, 0.2) is 78.9 Å². The second kappa shape index (κ2) is 15.6. The highest BCUT2D eigenvalue weighted by atomic mass is 16.5. The fourth-order valence-electron chi connectivity index (χ4n) is 4.42. The Kier molecular flexibility index (Phi) is 11.9. The Morgan fingerprint density at radius 1 is 0.795 bits per heavy atom. The van der Waals surface area contributed by atoms with Gasteiger partial charge in [-0.2, -0.15) is 0 Å². The van der Waals surface area contributed by atoms with Gasteiger partial charge < -0.3 is 19.7 Å². The maximum atomic E-state index is 13.9. The fraction of sp³-hybridized carbons (Fsp3) is 0.394. The van der Waals surface area contributed by atoms with Crippen LogP contribution in [0.3, 0.4) is 0 Å². The number of carbonyl (C=O) groups is 2. The average Bonchev–Trinajstić information content (AvgIpc) is 2.96. The molecule has 39 heavy (non-hydrogen) atoms. The van der Waals surface area contributed by atoms with Gasteiger partial charge in [0.2, 0.25) is 11.8 Å². The molecule has 2 amide bonds. The van der Waals surface area contributed by atoms with Crippen molar-refractivity contribution in [1.82, 2.24) is 10.2 Å². The van der Waals surface area contributed by atoms with E-state index in [-0.39, 0.29) is 24.3 Å². The summed E-state index contributed by atoms with van der Waals surface area (Å²) in [6.45, 7) is 9.34. The molecule has 0 saturated carbocycles. The lowest BCUT2D eigenvalue weighted by atomic mass is 10.0. The van der Waals surface area contributed by atoms with E-state index in [1.165, 1.54) is 0 Å². The summed E-state index contributed by atoms with van der Waals surface area (Å²) < 4.78 is 11.5. The summed E-state index contributed by atoms with van der Waals surface area (Å²) in [7, 11) is 0. The molecule has 3 aromatic rings. The van der Waals surface area contributed by atoms with Crippen molar-refractivity contribution in [3.8, 4) is 11.5 Å². The largest absolute Gasteiger partial charge is 0.490 e. The molecule has 0 spiro atoms. The molecule has 0 saturated heterocycles. The Bertz CT molecular complexity index is 1170. The van der Waals surface area contributed by atoms with Crippen LogP contribution in [0, 0.1) is 0 Å². The van der Waals surface area contributed by atoms with Gasteiger partial charge in [0.1, 0.15) is 6.04 Å². The van der Waals surface area contributed by atoms with Crippen molar-refractivity contribution in [2.75, 3.05) is 13.2 Å². The highest BCUT2D eigenvalue weighted by Gasteiger charge is 2.30. The van der Waals surface area contributed by atoms with Crippen LogP contribution in [0.4, 0.5) is 0 Å². The van der Waals surface area contributed by atoms with Gasteiger partial charge in [-0.15, -0.1) is 0 Å². The van der Waals surface area contributed by atoms with E-state index in [0.717, 1.165) is 23.1 Å². The maximum Gasteiger partial charge on any atom is 0.243 e. The molecule has 0 radical (unpaired) electrons. The topological polar surface area (TPSA) is 67.9 Å². The van der Waals surface area contributed by atoms with Gasteiger partial charge in [0.25, 0.3) is 0 Å². The molecule has 6 nitrogen and oxygen atoms in total. The molecular formula is C33H42N2O4. The summed E-state index contributed by atoms with van der Waals surface area (Å²) in [6, 6.07) is 24.9. The van der Waals surface area contributed by atoms with E-state index in [1.807, 2.05) is 107 Å². The van der Waals surface area contributed by atoms with Crippen LogP contribution in [0.25, 0.3) is 0 Å². The first kappa shape index (κ1) is 29.8. The average molecular weight is 531 g/mol. The highest BCUT2D eigenvalue weighted by molar-refractivity contribution is 5.88. The molecule has 0 aliphatic heterocycles. The molecule has 0 aliphatic rings. The van der Waals surface area contributed by atoms with Crippen molar-refractivity contribution in [3.05, 3.63) is 95.6 Å². The first-order chi connectivity index (χ1) is 18.9. The lowest BCUT2D eigenvalue weighted by Gasteiger charge is -2.32. The van der Waals surface area contributed by atoms with Crippen molar-refractivity contribution in [2.24, 2.45) is 0 Å². The van der Waals surface area contributed by atoms with Crippen LogP contribution in [-0.2, 0) is 29.0 Å². The third-order valence-electron chi connectivity index (χ3n) is 6.70. The zero-order valence-electron chi connectivity index (χ0n) is 23.7. The number of aryl methyl sites for hydroxylation is 1. The van der Waals surface area contributed by atoms with Gasteiger partial charge in [-0.05, 0) is 62.4 Å². The highest BCUT2D eigenvalue weighted by Crippen LogP contribution is 2.29. The zero-order chi connectivity index (χ0) is 28.0. The molecule has 3 rings (SSSR count). The summed E-state index contributed by atoms with van der Waals surface area (Å²) in [5, 5.41) is 3.12. The van der Waals surface area contributed by atoms with E-state index in [1.54, 1.807) is 4.90 Å². The number of benzene rings is 3. The summed E-state index contributed by atoms with van der Waals surface area (Å²) in [6.07, 6.45) is 2.06. The molecule has 6 heteroatoms. The summed E-state index contributed by atoms with van der Waals surface area (Å²) in [5.74, 6) is 1.19. The number of hydrogen-bond acceptors (Lipinski definition) is 4. The minimum atomic E-state index is -0.631. The third kappa shape index (κ3) is 9.17. The Balaban J connectivity index is 1.88. The molecule has 2 unspecified atom stereocenters. The van der Waals surface area contributed by atoms with Gasteiger partial charge in [-0.25, -0.2) is 0 Å². The van der Waals surface area contributed by atoms with E-state index in [4.69, 9.17) is 9.47 Å². The molecule has 0 aromatic heterocycles. The van der Waals surface area contributed by atoms with Crippen LogP contribution in [0.5, 0.6) is 11.5 Å². The first-order valence-electron chi connectivity index (χ1n) is 14.0. The molecule has 3 aromatic carbocycles. The van der Waals surface area contributed by atoms with Gasteiger partial charge in [0, 0.05) is 25.4 Å². The van der Waals surface area contributed by atoms with Gasteiger partial charge in [-0.1, -0.05) is 73.7 Å². The van der Waals surface area contributed by atoms with E-state index < -0.39 is 6.04 Å². The van der Waals surface area contributed by atoms with Gasteiger partial charge >= 0.3 is 0 Å². The van der Waals surface area contributed by atoms with E-state index in [9.17, 15) is 9.59 Å². The second-order valence-corrected chi connectivity index (χ2v) is 9.68. The standard InChI is InChI=1S/C33H42N2O4/c1-5-25(4)34-33(37)29(22-26-14-10-8-11-15-26)35(24-28-16-12-9-13-17-28)32(36)21-19-27-18-20-30(38-6-2)31(23-27)39-7-3/h8-18,20,23,25,29H,5-7,19,21-22,24H2,1-4H3,(H,34,37). The van der Waals surface area contributed by atoms with E-state index in [0.29, 0.717) is 44.1 Å².